The first-order valence-corrected chi connectivity index (χ1v) is 5.57. The summed E-state index contributed by atoms with van der Waals surface area (Å²) >= 11 is 0. The molecule has 1 saturated heterocycles. The second-order valence-electron chi connectivity index (χ2n) is 4.11. The number of likely N-dealkylation sites (tertiary alicyclic amines) is 1. The highest BCUT2D eigenvalue weighted by Gasteiger charge is 2.27. The van der Waals surface area contributed by atoms with Crippen molar-refractivity contribution in [3.05, 3.63) is 29.6 Å². The van der Waals surface area contributed by atoms with Crippen LogP contribution in [0.15, 0.2) is 18.2 Å². The lowest BCUT2D eigenvalue weighted by Crippen LogP contribution is -2.30. The van der Waals surface area contributed by atoms with Gasteiger partial charge in [0.15, 0.2) is 0 Å². The molecule has 1 amide bonds. The van der Waals surface area contributed by atoms with Crippen LogP contribution >= 0.6 is 0 Å². The molecular weight excluding hydrogens is 223 g/mol. The van der Waals surface area contributed by atoms with Gasteiger partial charge in [0.25, 0.3) is 5.91 Å². The van der Waals surface area contributed by atoms with Crippen molar-refractivity contribution < 1.29 is 14.3 Å². The monoisotopic (exact) mass is 238 g/mol. The van der Waals surface area contributed by atoms with Gasteiger partial charge in [-0.05, 0) is 18.6 Å². The van der Waals surface area contributed by atoms with Crippen molar-refractivity contribution in [1.82, 2.24) is 4.90 Å². The van der Waals surface area contributed by atoms with Crippen molar-refractivity contribution in [3.63, 3.8) is 0 Å². The van der Waals surface area contributed by atoms with Gasteiger partial charge in [-0.2, -0.15) is 0 Å². The zero-order valence-corrected chi connectivity index (χ0v) is 9.61. The van der Waals surface area contributed by atoms with Crippen LogP contribution in [-0.4, -0.2) is 42.2 Å². The molecule has 0 saturated carbocycles. The Hall–Kier alpha value is -1.62. The van der Waals surface area contributed by atoms with Gasteiger partial charge in [-0.15, -0.1) is 0 Å². The number of β-amino-alcohol motifs (C(OH)–C–C–N with tert-alkyl or cyclic N) is 1. The van der Waals surface area contributed by atoms with Crippen LogP contribution < -0.4 is 5.32 Å². The van der Waals surface area contributed by atoms with E-state index in [1.165, 1.54) is 12.1 Å². The van der Waals surface area contributed by atoms with Crippen molar-refractivity contribution in [2.24, 2.45) is 0 Å². The maximum Gasteiger partial charge on any atom is 0.256 e. The first kappa shape index (κ1) is 11.9. The number of carbonyl (C=O) groups excluding carboxylic acids is 1. The van der Waals surface area contributed by atoms with E-state index in [1.54, 1.807) is 18.0 Å². The number of rotatable bonds is 2. The molecule has 17 heavy (non-hydrogen) atoms. The lowest BCUT2D eigenvalue weighted by atomic mass is 10.1. The summed E-state index contributed by atoms with van der Waals surface area (Å²) in [7, 11) is 1.58. The van der Waals surface area contributed by atoms with Crippen LogP contribution in [0.4, 0.5) is 10.1 Å². The van der Waals surface area contributed by atoms with Crippen molar-refractivity contribution >= 4 is 11.6 Å². The number of amides is 1. The summed E-state index contributed by atoms with van der Waals surface area (Å²) in [5.74, 6) is -0.691. The summed E-state index contributed by atoms with van der Waals surface area (Å²) < 4.78 is 13.5. The topological polar surface area (TPSA) is 52.6 Å². The van der Waals surface area contributed by atoms with E-state index in [9.17, 15) is 14.3 Å². The van der Waals surface area contributed by atoms with E-state index in [2.05, 4.69) is 5.32 Å². The maximum atomic E-state index is 13.5. The predicted octanol–water partition coefficient (Wildman–Crippen LogP) is 1.07. The second kappa shape index (κ2) is 4.71. The molecule has 1 fully saturated rings. The molecule has 0 bridgehead atoms. The van der Waals surface area contributed by atoms with Gasteiger partial charge in [0.2, 0.25) is 0 Å². The number of hydrogen-bond acceptors (Lipinski definition) is 3. The average molecular weight is 238 g/mol. The van der Waals surface area contributed by atoms with Gasteiger partial charge in [0.1, 0.15) is 5.82 Å². The number of nitrogens with one attached hydrogen (secondary N) is 1. The molecule has 1 aromatic carbocycles. The van der Waals surface area contributed by atoms with Crippen LogP contribution in [0.1, 0.15) is 16.8 Å². The van der Waals surface area contributed by atoms with E-state index in [-0.39, 0.29) is 11.6 Å². The van der Waals surface area contributed by atoms with Crippen LogP contribution in [0.25, 0.3) is 0 Å². The molecule has 2 N–H and O–H groups in total. The molecule has 1 aliphatic heterocycles. The van der Waals surface area contributed by atoms with Gasteiger partial charge in [-0.25, -0.2) is 4.39 Å². The van der Waals surface area contributed by atoms with E-state index in [1.807, 2.05) is 0 Å². The molecule has 1 atom stereocenters. The molecule has 5 heteroatoms. The van der Waals surface area contributed by atoms with E-state index in [0.717, 1.165) is 0 Å². The average Bonchev–Trinajstić information content (AvgIpc) is 2.74. The second-order valence-corrected chi connectivity index (χ2v) is 4.11. The van der Waals surface area contributed by atoms with Gasteiger partial charge < -0.3 is 15.3 Å². The highest BCUT2D eigenvalue weighted by molar-refractivity contribution is 5.99. The molecule has 0 aliphatic carbocycles. The van der Waals surface area contributed by atoms with Gasteiger partial charge in [0.05, 0.1) is 17.4 Å². The molecular formula is C12H15FN2O2. The standard InChI is InChI=1S/C12H15FN2O2/c1-14-11-9(3-2-4-10(11)13)12(17)15-6-5-8(16)7-15/h2-4,8,14,16H,5-7H2,1H3. The molecule has 1 aliphatic rings. The van der Waals surface area contributed by atoms with Gasteiger partial charge >= 0.3 is 0 Å². The number of anilines is 1. The van der Waals surface area contributed by atoms with Crippen molar-refractivity contribution in [2.45, 2.75) is 12.5 Å². The first-order chi connectivity index (χ1) is 8.13. The molecule has 1 heterocycles. The normalized spacial score (nSPS) is 19.5. The van der Waals surface area contributed by atoms with E-state index < -0.39 is 11.9 Å². The maximum absolute atomic E-state index is 13.5. The minimum Gasteiger partial charge on any atom is -0.391 e. The Bertz CT molecular complexity index is 437. The highest BCUT2D eigenvalue weighted by Crippen LogP contribution is 2.22. The first-order valence-electron chi connectivity index (χ1n) is 5.57. The number of hydrogen-bond donors (Lipinski definition) is 2. The molecule has 4 nitrogen and oxygen atoms in total. The van der Waals surface area contributed by atoms with Crippen LogP contribution in [-0.2, 0) is 0 Å². The number of para-hydroxylation sites is 1. The Morgan fingerprint density at radius 1 is 1.59 bits per heavy atom. The third-order valence-electron chi connectivity index (χ3n) is 2.94. The van der Waals surface area contributed by atoms with E-state index in [4.69, 9.17) is 0 Å². The number of aliphatic hydroxyl groups is 1. The fourth-order valence-electron chi connectivity index (χ4n) is 2.05. The van der Waals surface area contributed by atoms with Crippen molar-refractivity contribution in [2.75, 3.05) is 25.5 Å². The van der Waals surface area contributed by atoms with Crippen molar-refractivity contribution in [1.29, 1.82) is 0 Å². The van der Waals surface area contributed by atoms with Crippen LogP contribution in [0, 0.1) is 5.82 Å². The summed E-state index contributed by atoms with van der Waals surface area (Å²) in [4.78, 5) is 13.7. The highest BCUT2D eigenvalue weighted by atomic mass is 19.1. The Balaban J connectivity index is 2.28. The molecule has 0 spiro atoms. The number of benzene rings is 1. The zero-order valence-electron chi connectivity index (χ0n) is 9.61. The van der Waals surface area contributed by atoms with Crippen LogP contribution in [0.2, 0.25) is 0 Å². The zero-order chi connectivity index (χ0) is 12.4. The predicted molar refractivity (Wildman–Crippen MR) is 62.5 cm³/mol. The van der Waals surface area contributed by atoms with Gasteiger partial charge in [0, 0.05) is 20.1 Å². The number of halogens is 1. The third kappa shape index (κ3) is 2.24. The fraction of sp³-hybridized carbons (Fsp3) is 0.417. The lowest BCUT2D eigenvalue weighted by molar-refractivity contribution is 0.0765. The molecule has 1 aromatic rings. The summed E-state index contributed by atoms with van der Waals surface area (Å²) in [6, 6.07) is 4.40. The Labute approximate surface area is 99.0 Å². The third-order valence-corrected chi connectivity index (χ3v) is 2.94. The lowest BCUT2D eigenvalue weighted by Gasteiger charge is -2.17. The molecule has 2 rings (SSSR count). The SMILES string of the molecule is CNc1c(F)cccc1C(=O)N1CCC(O)C1. The smallest absolute Gasteiger partial charge is 0.256 e. The quantitative estimate of drug-likeness (QED) is 0.810. The molecule has 0 aromatic heterocycles. The Kier molecular flexibility index (Phi) is 3.28. The van der Waals surface area contributed by atoms with Crippen LogP contribution in [0.3, 0.4) is 0 Å². The number of aliphatic hydroxyl groups excluding tert-OH is 1. The summed E-state index contributed by atoms with van der Waals surface area (Å²) in [5, 5.41) is 12.1. The Morgan fingerprint density at radius 3 is 2.94 bits per heavy atom. The minimum atomic E-state index is -0.467. The summed E-state index contributed by atoms with van der Waals surface area (Å²) in [6.07, 6.45) is 0.112. The fourth-order valence-corrected chi connectivity index (χ4v) is 2.05. The van der Waals surface area contributed by atoms with Gasteiger partial charge in [-0.1, -0.05) is 6.07 Å². The molecule has 92 valence electrons. The summed E-state index contributed by atoms with van der Waals surface area (Å²) in [6.45, 7) is 0.832. The van der Waals surface area contributed by atoms with Crippen molar-refractivity contribution in [3.8, 4) is 0 Å². The van der Waals surface area contributed by atoms with E-state index >= 15 is 0 Å². The van der Waals surface area contributed by atoms with Crippen LogP contribution in [0.5, 0.6) is 0 Å². The number of nitrogens with zero attached hydrogens (tertiary/aromatic N) is 1. The minimum absolute atomic E-state index is 0.207. The van der Waals surface area contributed by atoms with E-state index in [0.29, 0.717) is 25.1 Å². The Morgan fingerprint density at radius 2 is 2.35 bits per heavy atom. The summed E-state index contributed by atoms with van der Waals surface area (Å²) in [5.41, 5.74) is 0.514. The molecule has 0 radical (unpaired) electrons. The largest absolute Gasteiger partial charge is 0.391 e. The number of carbonyl (C=O) groups is 1. The molecule has 1 unspecified atom stereocenters. The van der Waals surface area contributed by atoms with Gasteiger partial charge in [-0.3, -0.25) is 4.79 Å².